The van der Waals surface area contributed by atoms with Crippen molar-refractivity contribution in [3.8, 4) is 17.2 Å². The summed E-state index contributed by atoms with van der Waals surface area (Å²) in [6.07, 6.45) is 3.39. The van der Waals surface area contributed by atoms with Crippen LogP contribution in [0.1, 0.15) is 95.2 Å². The molecule has 0 bridgehead atoms. The average molecular weight is 751 g/mol. The molecule has 3 aromatic rings. The van der Waals surface area contributed by atoms with Gasteiger partial charge in [-0.1, -0.05) is 77.9 Å². The first kappa shape index (κ1) is 50.6. The van der Waals surface area contributed by atoms with Gasteiger partial charge in [0.2, 0.25) is 0 Å². The highest BCUT2D eigenvalue weighted by Crippen LogP contribution is 2.32. The van der Waals surface area contributed by atoms with Crippen molar-refractivity contribution in [1.29, 1.82) is 0 Å². The SMILES string of the molecule is CCC(c1cccc(O)c1)C(C)CN(C)C.CCC(c1cccc(O)c1)C(C)CN(C)C.CCC(c1cccc(OC)c1)C(C)CN(C)C.Cl.Cl. The van der Waals surface area contributed by atoms with Crippen molar-refractivity contribution in [2.24, 2.45) is 17.8 Å². The van der Waals surface area contributed by atoms with Crippen molar-refractivity contribution in [2.45, 2.75) is 78.6 Å². The predicted octanol–water partition coefficient (Wildman–Crippen LogP) is 10.4. The van der Waals surface area contributed by atoms with Crippen molar-refractivity contribution >= 4 is 24.8 Å². The van der Waals surface area contributed by atoms with Crippen LogP contribution in [-0.4, -0.2) is 93.9 Å². The molecule has 0 saturated heterocycles. The lowest BCUT2D eigenvalue weighted by Crippen LogP contribution is -2.24. The van der Waals surface area contributed by atoms with Gasteiger partial charge in [-0.15, -0.1) is 24.8 Å². The van der Waals surface area contributed by atoms with Gasteiger partial charge in [-0.3, -0.25) is 0 Å². The quantitative estimate of drug-likeness (QED) is 0.152. The minimum Gasteiger partial charge on any atom is -0.508 e. The smallest absolute Gasteiger partial charge is 0.119 e. The first-order valence-electron chi connectivity index (χ1n) is 18.3. The van der Waals surface area contributed by atoms with Crippen LogP contribution in [0, 0.1) is 17.8 Å². The summed E-state index contributed by atoms with van der Waals surface area (Å²) in [6.45, 7) is 16.8. The normalized spacial score (nSPS) is 14.4. The molecule has 51 heavy (non-hydrogen) atoms. The molecule has 3 aromatic carbocycles. The van der Waals surface area contributed by atoms with Gasteiger partial charge < -0.3 is 29.6 Å². The van der Waals surface area contributed by atoms with Crippen molar-refractivity contribution in [3.63, 3.8) is 0 Å². The Balaban J connectivity index is 0. The van der Waals surface area contributed by atoms with E-state index in [-0.39, 0.29) is 24.8 Å². The van der Waals surface area contributed by atoms with E-state index in [0.717, 1.165) is 38.2 Å². The summed E-state index contributed by atoms with van der Waals surface area (Å²) in [5, 5.41) is 19.0. The maximum Gasteiger partial charge on any atom is 0.119 e. The largest absolute Gasteiger partial charge is 0.508 e. The van der Waals surface area contributed by atoms with Crippen LogP contribution in [-0.2, 0) is 0 Å². The minimum absolute atomic E-state index is 0. The number of phenolic OH excluding ortho intramolecular Hbond substituents is 2. The molecule has 0 aliphatic heterocycles. The van der Waals surface area contributed by atoms with Gasteiger partial charge in [0.25, 0.3) is 0 Å². The lowest BCUT2D eigenvalue weighted by Gasteiger charge is -2.26. The Kier molecular flexibility index (Phi) is 27.0. The number of phenols is 2. The maximum atomic E-state index is 9.51. The summed E-state index contributed by atoms with van der Waals surface area (Å²) in [5.41, 5.74) is 3.88. The molecule has 6 nitrogen and oxygen atoms in total. The van der Waals surface area contributed by atoms with Gasteiger partial charge in [-0.05, 0) is 150 Å². The van der Waals surface area contributed by atoms with Gasteiger partial charge in [0.1, 0.15) is 17.2 Å². The van der Waals surface area contributed by atoms with Crippen molar-refractivity contribution in [3.05, 3.63) is 89.5 Å². The van der Waals surface area contributed by atoms with Gasteiger partial charge >= 0.3 is 0 Å². The Morgan fingerprint density at radius 1 is 0.510 bits per heavy atom. The van der Waals surface area contributed by atoms with Gasteiger partial charge in [0.15, 0.2) is 0 Å². The van der Waals surface area contributed by atoms with E-state index in [1.54, 1.807) is 19.2 Å². The number of hydrogen-bond acceptors (Lipinski definition) is 6. The van der Waals surface area contributed by atoms with Crippen LogP contribution in [0.3, 0.4) is 0 Å². The summed E-state index contributed by atoms with van der Waals surface area (Å²) < 4.78 is 5.30. The molecule has 0 heterocycles. The molecule has 0 aromatic heterocycles. The number of rotatable bonds is 16. The summed E-state index contributed by atoms with van der Waals surface area (Å²) in [6, 6.07) is 23.8. The molecule has 0 fully saturated rings. The molecule has 6 unspecified atom stereocenters. The van der Waals surface area contributed by atoms with E-state index in [0.29, 0.717) is 47.0 Å². The fraction of sp³-hybridized carbons (Fsp3) is 0.581. The van der Waals surface area contributed by atoms with Crippen molar-refractivity contribution in [1.82, 2.24) is 14.7 Å². The average Bonchev–Trinajstić information content (AvgIpc) is 3.02. The summed E-state index contributed by atoms with van der Waals surface area (Å²) >= 11 is 0. The highest BCUT2D eigenvalue weighted by Gasteiger charge is 2.20. The molecule has 0 amide bonds. The summed E-state index contributed by atoms with van der Waals surface area (Å²) in [4.78, 5) is 6.69. The van der Waals surface area contributed by atoms with E-state index >= 15 is 0 Å². The molecule has 0 saturated carbocycles. The van der Waals surface area contributed by atoms with Crippen LogP contribution in [0.4, 0.5) is 0 Å². The van der Waals surface area contributed by atoms with E-state index in [9.17, 15) is 10.2 Å². The molecule has 8 heteroatoms. The Morgan fingerprint density at radius 3 is 1.06 bits per heavy atom. The standard InChI is InChI=1S/C15H25NO.2C14H23NO.2ClH/c1-6-15(12(2)11-16(3)4)13-8-7-9-14(10-13)17-5;2*1-5-14(11(2)10-15(3)4)12-7-6-8-13(16)9-12;;/h7-10,12,15H,6,11H2,1-5H3;2*6-9,11,14,16H,5,10H2,1-4H3;2*1H. The van der Waals surface area contributed by atoms with Crippen LogP contribution in [0.5, 0.6) is 17.2 Å². The number of benzene rings is 3. The van der Waals surface area contributed by atoms with E-state index in [4.69, 9.17) is 4.74 Å². The predicted molar refractivity (Wildman–Crippen MR) is 226 cm³/mol. The van der Waals surface area contributed by atoms with Crippen molar-refractivity contribution in [2.75, 3.05) is 69.0 Å². The third-order valence-electron chi connectivity index (χ3n) is 9.46. The molecule has 292 valence electrons. The number of methoxy groups -OCH3 is 1. The van der Waals surface area contributed by atoms with Gasteiger partial charge in [-0.2, -0.15) is 0 Å². The Labute approximate surface area is 325 Å². The maximum absolute atomic E-state index is 9.51. The Bertz CT molecular complexity index is 1240. The lowest BCUT2D eigenvalue weighted by atomic mass is 9.85. The molecule has 0 aliphatic carbocycles. The first-order chi connectivity index (χ1) is 23.2. The molecule has 2 N–H and O–H groups in total. The molecular weight excluding hydrogens is 677 g/mol. The number of halogens is 2. The van der Waals surface area contributed by atoms with Gasteiger partial charge in [-0.25, -0.2) is 0 Å². The molecular formula is C43H73Cl2N3O3. The van der Waals surface area contributed by atoms with Crippen LogP contribution >= 0.6 is 24.8 Å². The number of nitrogens with zero attached hydrogens (tertiary/aromatic N) is 3. The van der Waals surface area contributed by atoms with Crippen LogP contribution in [0.2, 0.25) is 0 Å². The molecule has 3 rings (SSSR count). The zero-order valence-electron chi connectivity index (χ0n) is 34.1. The highest BCUT2D eigenvalue weighted by molar-refractivity contribution is 5.85. The summed E-state index contributed by atoms with van der Waals surface area (Å²) in [7, 11) is 14.4. The fourth-order valence-corrected chi connectivity index (χ4v) is 7.39. The number of hydrogen-bond donors (Lipinski definition) is 2. The molecule has 0 spiro atoms. The number of aromatic hydroxyl groups is 2. The van der Waals surface area contributed by atoms with E-state index in [1.807, 2.05) is 30.3 Å². The molecule has 0 aliphatic rings. The van der Waals surface area contributed by atoms with Crippen LogP contribution < -0.4 is 4.74 Å². The number of ether oxygens (including phenoxy) is 1. The van der Waals surface area contributed by atoms with Crippen LogP contribution in [0.25, 0.3) is 0 Å². The Morgan fingerprint density at radius 2 is 0.804 bits per heavy atom. The van der Waals surface area contributed by atoms with E-state index in [1.165, 1.54) is 23.1 Å². The third kappa shape index (κ3) is 19.2. The second-order valence-corrected chi connectivity index (χ2v) is 14.7. The molecule has 6 atom stereocenters. The lowest BCUT2D eigenvalue weighted by molar-refractivity contribution is 0.301. The first-order valence-corrected chi connectivity index (χ1v) is 18.3. The second-order valence-electron chi connectivity index (χ2n) is 14.7. The Hall–Kier alpha value is -2.48. The third-order valence-corrected chi connectivity index (χ3v) is 9.46. The van der Waals surface area contributed by atoms with E-state index in [2.05, 4.69) is 129 Å². The van der Waals surface area contributed by atoms with Gasteiger partial charge in [0.05, 0.1) is 7.11 Å². The zero-order valence-corrected chi connectivity index (χ0v) is 35.7. The fourth-order valence-electron chi connectivity index (χ4n) is 7.39. The van der Waals surface area contributed by atoms with Gasteiger partial charge in [0, 0.05) is 19.6 Å². The van der Waals surface area contributed by atoms with E-state index < -0.39 is 0 Å². The monoisotopic (exact) mass is 750 g/mol. The van der Waals surface area contributed by atoms with Crippen molar-refractivity contribution < 1.29 is 14.9 Å². The van der Waals surface area contributed by atoms with Crippen LogP contribution in [0.15, 0.2) is 72.8 Å². The topological polar surface area (TPSA) is 59.4 Å². The molecule has 0 radical (unpaired) electrons. The zero-order chi connectivity index (χ0) is 37.1. The second kappa shape index (κ2) is 27.2. The summed E-state index contributed by atoms with van der Waals surface area (Å²) in [5.74, 6) is 5.20. The highest BCUT2D eigenvalue weighted by atomic mass is 35.5. The minimum atomic E-state index is 0.